The van der Waals surface area contributed by atoms with Gasteiger partial charge < -0.3 is 10.8 Å². The summed E-state index contributed by atoms with van der Waals surface area (Å²) < 4.78 is 1.07. The molecule has 0 saturated heterocycles. The molecular formula is C11H10N2OS. The lowest BCUT2D eigenvalue weighted by Gasteiger charge is -1.89. The summed E-state index contributed by atoms with van der Waals surface area (Å²) in [5.41, 5.74) is 7.39. The van der Waals surface area contributed by atoms with Gasteiger partial charge in [-0.1, -0.05) is 23.2 Å². The largest absolute Gasteiger partial charge is 0.395 e. The van der Waals surface area contributed by atoms with Gasteiger partial charge in [-0.3, -0.25) is 0 Å². The molecule has 4 heteroatoms. The predicted octanol–water partition coefficient (Wildman–Crippen LogP) is 1.61. The molecule has 1 aromatic carbocycles. The van der Waals surface area contributed by atoms with Crippen molar-refractivity contribution in [3.8, 4) is 11.8 Å². The topological polar surface area (TPSA) is 59.1 Å². The molecule has 3 nitrogen and oxygen atoms in total. The van der Waals surface area contributed by atoms with Crippen molar-refractivity contribution < 1.29 is 5.11 Å². The lowest BCUT2D eigenvalue weighted by atomic mass is 10.2. The molecule has 0 fully saturated rings. The molecule has 0 bridgehead atoms. The fourth-order valence-corrected chi connectivity index (χ4v) is 1.96. The van der Waals surface area contributed by atoms with E-state index < -0.39 is 0 Å². The van der Waals surface area contributed by atoms with Crippen LogP contribution in [0.4, 0.5) is 5.13 Å². The van der Waals surface area contributed by atoms with Crippen LogP contribution in [0.25, 0.3) is 10.2 Å². The second-order valence-corrected chi connectivity index (χ2v) is 4.07. The summed E-state index contributed by atoms with van der Waals surface area (Å²) in [7, 11) is 0. The zero-order chi connectivity index (χ0) is 10.7. The number of aromatic nitrogens is 1. The maximum absolute atomic E-state index is 8.59. The second kappa shape index (κ2) is 4.30. The Morgan fingerprint density at radius 3 is 3.13 bits per heavy atom. The van der Waals surface area contributed by atoms with Crippen LogP contribution in [0.1, 0.15) is 12.0 Å². The first-order valence-corrected chi connectivity index (χ1v) is 5.37. The van der Waals surface area contributed by atoms with Crippen LogP contribution in [0.15, 0.2) is 18.2 Å². The Morgan fingerprint density at radius 2 is 2.33 bits per heavy atom. The van der Waals surface area contributed by atoms with Gasteiger partial charge in [0.2, 0.25) is 0 Å². The number of thiazole rings is 1. The molecule has 0 radical (unpaired) electrons. The fraction of sp³-hybridized carbons (Fsp3) is 0.182. The number of aliphatic hydroxyl groups excluding tert-OH is 1. The molecular weight excluding hydrogens is 208 g/mol. The lowest BCUT2D eigenvalue weighted by Crippen LogP contribution is -1.80. The van der Waals surface area contributed by atoms with E-state index in [9.17, 15) is 0 Å². The van der Waals surface area contributed by atoms with Crippen molar-refractivity contribution in [2.45, 2.75) is 6.42 Å². The van der Waals surface area contributed by atoms with Crippen molar-refractivity contribution >= 4 is 26.7 Å². The third-order valence-corrected chi connectivity index (χ3v) is 2.74. The van der Waals surface area contributed by atoms with Crippen LogP contribution in [-0.4, -0.2) is 16.7 Å². The molecule has 0 aliphatic carbocycles. The van der Waals surface area contributed by atoms with Gasteiger partial charge in [-0.05, 0) is 18.2 Å². The second-order valence-electron chi connectivity index (χ2n) is 3.01. The number of nitrogen functional groups attached to an aromatic ring is 1. The van der Waals surface area contributed by atoms with Gasteiger partial charge in [0, 0.05) is 12.0 Å². The SMILES string of the molecule is Nc1nc2cc(C#CCCO)ccc2s1. The number of benzene rings is 1. The van der Waals surface area contributed by atoms with E-state index in [4.69, 9.17) is 10.8 Å². The van der Waals surface area contributed by atoms with Gasteiger partial charge >= 0.3 is 0 Å². The van der Waals surface area contributed by atoms with Gasteiger partial charge in [-0.25, -0.2) is 4.98 Å². The van der Waals surface area contributed by atoms with Crippen molar-refractivity contribution in [2.75, 3.05) is 12.3 Å². The number of hydrogen-bond donors (Lipinski definition) is 2. The molecule has 2 rings (SSSR count). The Morgan fingerprint density at radius 1 is 1.47 bits per heavy atom. The highest BCUT2D eigenvalue weighted by Crippen LogP contribution is 2.23. The van der Waals surface area contributed by atoms with Gasteiger partial charge in [0.1, 0.15) is 0 Å². The first-order valence-electron chi connectivity index (χ1n) is 4.55. The Labute approximate surface area is 91.6 Å². The third-order valence-electron chi connectivity index (χ3n) is 1.87. The standard InChI is InChI=1S/C11H10N2OS/c12-11-13-9-7-8(3-1-2-6-14)4-5-10(9)15-11/h4-5,7,14H,2,6H2,(H2,12,13). The smallest absolute Gasteiger partial charge is 0.181 e. The van der Waals surface area contributed by atoms with Crippen molar-refractivity contribution in [3.63, 3.8) is 0 Å². The Kier molecular flexibility index (Phi) is 2.86. The zero-order valence-corrected chi connectivity index (χ0v) is 8.84. The van der Waals surface area contributed by atoms with Crippen LogP contribution in [0, 0.1) is 11.8 Å². The highest BCUT2D eigenvalue weighted by atomic mass is 32.1. The summed E-state index contributed by atoms with van der Waals surface area (Å²) in [5.74, 6) is 5.83. The molecule has 76 valence electrons. The number of anilines is 1. The van der Waals surface area contributed by atoms with Gasteiger partial charge in [0.25, 0.3) is 0 Å². The van der Waals surface area contributed by atoms with E-state index in [0.717, 1.165) is 15.8 Å². The Balaban J connectivity index is 2.35. The van der Waals surface area contributed by atoms with E-state index in [1.165, 1.54) is 11.3 Å². The van der Waals surface area contributed by atoms with Crippen LogP contribution in [0.2, 0.25) is 0 Å². The van der Waals surface area contributed by atoms with E-state index in [1.807, 2.05) is 18.2 Å². The molecule has 0 amide bonds. The van der Waals surface area contributed by atoms with Gasteiger partial charge in [0.05, 0.1) is 16.8 Å². The van der Waals surface area contributed by atoms with E-state index >= 15 is 0 Å². The highest BCUT2D eigenvalue weighted by Gasteiger charge is 2.00. The average molecular weight is 218 g/mol. The number of aliphatic hydroxyl groups is 1. The highest BCUT2D eigenvalue weighted by molar-refractivity contribution is 7.22. The minimum absolute atomic E-state index is 0.0961. The van der Waals surface area contributed by atoms with Crippen LogP contribution in [-0.2, 0) is 0 Å². The summed E-state index contributed by atoms with van der Waals surface area (Å²) in [5, 5.41) is 9.16. The number of fused-ring (bicyclic) bond motifs is 1. The number of hydrogen-bond acceptors (Lipinski definition) is 4. The maximum Gasteiger partial charge on any atom is 0.181 e. The van der Waals surface area contributed by atoms with Crippen molar-refractivity contribution in [3.05, 3.63) is 23.8 Å². The van der Waals surface area contributed by atoms with Gasteiger partial charge in [0.15, 0.2) is 5.13 Å². The normalized spacial score (nSPS) is 9.93. The van der Waals surface area contributed by atoms with Crippen LogP contribution in [0.3, 0.4) is 0 Å². The minimum atomic E-state index is 0.0961. The molecule has 0 aliphatic rings. The predicted molar refractivity (Wildman–Crippen MR) is 62.6 cm³/mol. The first-order chi connectivity index (χ1) is 7.29. The molecule has 15 heavy (non-hydrogen) atoms. The Bertz CT molecular complexity index is 536. The summed E-state index contributed by atoms with van der Waals surface area (Å²) >= 11 is 1.47. The molecule has 0 saturated carbocycles. The Hall–Kier alpha value is -1.57. The van der Waals surface area contributed by atoms with Crippen LogP contribution in [0.5, 0.6) is 0 Å². The molecule has 1 heterocycles. The minimum Gasteiger partial charge on any atom is -0.395 e. The fourth-order valence-electron chi connectivity index (χ4n) is 1.24. The number of rotatable bonds is 1. The molecule has 0 spiro atoms. The van der Waals surface area contributed by atoms with Crippen molar-refractivity contribution in [2.24, 2.45) is 0 Å². The molecule has 0 unspecified atom stereocenters. The summed E-state index contributed by atoms with van der Waals surface area (Å²) in [4.78, 5) is 4.18. The zero-order valence-electron chi connectivity index (χ0n) is 8.03. The van der Waals surface area contributed by atoms with Crippen molar-refractivity contribution in [1.82, 2.24) is 4.98 Å². The lowest BCUT2D eigenvalue weighted by molar-refractivity contribution is 0.305. The molecule has 0 atom stereocenters. The van der Waals surface area contributed by atoms with Crippen LogP contribution < -0.4 is 5.73 Å². The summed E-state index contributed by atoms with van der Waals surface area (Å²) in [6.07, 6.45) is 0.497. The number of nitrogens with two attached hydrogens (primary N) is 1. The van der Waals surface area contributed by atoms with E-state index in [2.05, 4.69) is 16.8 Å². The number of nitrogens with zero attached hydrogens (tertiary/aromatic N) is 1. The molecule has 3 N–H and O–H groups in total. The summed E-state index contributed by atoms with van der Waals surface area (Å²) in [6, 6.07) is 5.81. The molecule has 1 aromatic heterocycles. The average Bonchev–Trinajstić information content (AvgIpc) is 2.57. The summed E-state index contributed by atoms with van der Waals surface area (Å²) in [6.45, 7) is 0.0961. The quantitative estimate of drug-likeness (QED) is 0.715. The van der Waals surface area contributed by atoms with E-state index in [0.29, 0.717) is 11.6 Å². The monoisotopic (exact) mass is 218 g/mol. The third kappa shape index (κ3) is 2.27. The molecule has 2 aromatic rings. The van der Waals surface area contributed by atoms with Gasteiger partial charge in [-0.2, -0.15) is 0 Å². The van der Waals surface area contributed by atoms with Crippen molar-refractivity contribution in [1.29, 1.82) is 0 Å². The van der Waals surface area contributed by atoms with E-state index in [-0.39, 0.29) is 6.61 Å². The first kappa shape index (κ1) is 9.97. The van der Waals surface area contributed by atoms with Crippen LogP contribution >= 0.6 is 11.3 Å². The van der Waals surface area contributed by atoms with Gasteiger partial charge in [-0.15, -0.1) is 0 Å². The van der Waals surface area contributed by atoms with E-state index in [1.54, 1.807) is 0 Å². The maximum atomic E-state index is 8.59. The molecule has 0 aliphatic heterocycles.